The summed E-state index contributed by atoms with van der Waals surface area (Å²) in [6.45, 7) is 0. The molecule has 2 aromatic rings. The van der Waals surface area contributed by atoms with Gasteiger partial charge in [-0.25, -0.2) is 4.79 Å². The van der Waals surface area contributed by atoms with Crippen LogP contribution in [0.4, 0.5) is 0 Å². The molecule has 0 saturated heterocycles. The average Bonchev–Trinajstić information content (AvgIpc) is 2.38. The van der Waals surface area contributed by atoms with Gasteiger partial charge in [-0.2, -0.15) is 0 Å². The number of carboxylic acid groups (broad SMARTS) is 1. The van der Waals surface area contributed by atoms with Crippen molar-refractivity contribution >= 4 is 12.0 Å². The van der Waals surface area contributed by atoms with Gasteiger partial charge in [0.15, 0.2) is 0 Å². The highest BCUT2D eigenvalue weighted by Gasteiger charge is 1.96. The molecule has 1 radical (unpaired) electrons. The molecule has 0 aromatic heterocycles. The molecule has 0 heterocycles. The lowest BCUT2D eigenvalue weighted by Crippen LogP contribution is -1.85. The Labute approximate surface area is 99.8 Å². The number of carbonyl (C=O) groups is 1. The molecule has 2 nitrogen and oxygen atoms in total. The van der Waals surface area contributed by atoms with Crippen molar-refractivity contribution in [3.63, 3.8) is 0 Å². The van der Waals surface area contributed by atoms with E-state index in [9.17, 15) is 4.79 Å². The van der Waals surface area contributed by atoms with Gasteiger partial charge < -0.3 is 5.11 Å². The summed E-state index contributed by atoms with van der Waals surface area (Å²) < 4.78 is 0. The first-order valence-electron chi connectivity index (χ1n) is 5.23. The average molecular weight is 223 g/mol. The zero-order chi connectivity index (χ0) is 12.1. The summed E-state index contributed by atoms with van der Waals surface area (Å²) in [4.78, 5) is 10.4. The van der Waals surface area contributed by atoms with Gasteiger partial charge in [-0.3, -0.25) is 0 Å². The van der Waals surface area contributed by atoms with Crippen LogP contribution in [0.1, 0.15) is 5.56 Å². The number of aliphatic carboxylic acids is 1. The maximum Gasteiger partial charge on any atom is 0.328 e. The van der Waals surface area contributed by atoms with E-state index in [-0.39, 0.29) is 0 Å². The van der Waals surface area contributed by atoms with Crippen molar-refractivity contribution in [2.24, 2.45) is 0 Å². The van der Waals surface area contributed by atoms with Crippen LogP contribution in [0.15, 0.2) is 54.6 Å². The normalized spacial score (nSPS) is 10.6. The largest absolute Gasteiger partial charge is 0.478 e. The van der Waals surface area contributed by atoms with Crippen molar-refractivity contribution < 1.29 is 9.90 Å². The summed E-state index contributed by atoms with van der Waals surface area (Å²) >= 11 is 0. The molecule has 0 atom stereocenters. The molecule has 0 saturated carbocycles. The number of carboxylic acids is 1. The second-order valence-electron chi connectivity index (χ2n) is 3.59. The van der Waals surface area contributed by atoms with Gasteiger partial charge in [0, 0.05) is 6.08 Å². The second-order valence-corrected chi connectivity index (χ2v) is 3.59. The van der Waals surface area contributed by atoms with E-state index in [0.717, 1.165) is 22.8 Å². The Morgan fingerprint density at radius 1 is 1.12 bits per heavy atom. The summed E-state index contributed by atoms with van der Waals surface area (Å²) in [7, 11) is 0. The summed E-state index contributed by atoms with van der Waals surface area (Å²) in [6.07, 6.45) is 2.70. The highest BCUT2D eigenvalue weighted by Crippen LogP contribution is 2.19. The minimum atomic E-state index is -0.938. The molecule has 1 N–H and O–H groups in total. The van der Waals surface area contributed by atoms with Crippen LogP contribution in [0.5, 0.6) is 0 Å². The Bertz CT molecular complexity index is 525. The number of benzene rings is 2. The molecule has 0 aliphatic rings. The van der Waals surface area contributed by atoms with Crippen molar-refractivity contribution in [1.82, 2.24) is 0 Å². The minimum absolute atomic E-state index is 0.871. The summed E-state index contributed by atoms with van der Waals surface area (Å²) in [5.41, 5.74) is 3.06. The Morgan fingerprint density at radius 2 is 1.88 bits per heavy atom. The molecule has 83 valence electrons. The summed E-state index contributed by atoms with van der Waals surface area (Å²) in [6, 6.07) is 18.5. The summed E-state index contributed by atoms with van der Waals surface area (Å²) in [5.74, 6) is -0.938. The molecule has 0 aliphatic carbocycles. The highest BCUT2D eigenvalue weighted by atomic mass is 16.4. The van der Waals surface area contributed by atoms with Crippen LogP contribution >= 0.6 is 0 Å². The zero-order valence-corrected chi connectivity index (χ0v) is 9.13. The van der Waals surface area contributed by atoms with Crippen molar-refractivity contribution in [2.45, 2.75) is 0 Å². The fraction of sp³-hybridized carbons (Fsp3) is 0. The van der Waals surface area contributed by atoms with Crippen molar-refractivity contribution in [3.8, 4) is 11.1 Å². The molecule has 0 aliphatic heterocycles. The first-order chi connectivity index (χ1) is 8.25. The third-order valence-corrected chi connectivity index (χ3v) is 2.37. The quantitative estimate of drug-likeness (QED) is 0.811. The Morgan fingerprint density at radius 3 is 2.47 bits per heavy atom. The van der Waals surface area contributed by atoms with Crippen LogP contribution in [0.2, 0.25) is 0 Å². The van der Waals surface area contributed by atoms with Gasteiger partial charge in [0.25, 0.3) is 0 Å². The highest BCUT2D eigenvalue weighted by molar-refractivity contribution is 5.85. The van der Waals surface area contributed by atoms with E-state index < -0.39 is 5.97 Å². The first kappa shape index (κ1) is 11.1. The van der Waals surface area contributed by atoms with E-state index in [1.165, 1.54) is 0 Å². The molecule has 0 spiro atoms. The van der Waals surface area contributed by atoms with Crippen molar-refractivity contribution in [2.75, 3.05) is 0 Å². The third-order valence-electron chi connectivity index (χ3n) is 2.37. The van der Waals surface area contributed by atoms with E-state index >= 15 is 0 Å². The minimum Gasteiger partial charge on any atom is -0.478 e. The van der Waals surface area contributed by atoms with E-state index in [2.05, 4.69) is 6.07 Å². The van der Waals surface area contributed by atoms with Gasteiger partial charge in [0.2, 0.25) is 0 Å². The Kier molecular flexibility index (Phi) is 3.36. The zero-order valence-electron chi connectivity index (χ0n) is 9.13. The van der Waals surface area contributed by atoms with E-state index in [1.54, 1.807) is 6.08 Å². The van der Waals surface area contributed by atoms with Gasteiger partial charge in [0.1, 0.15) is 0 Å². The molecule has 0 fully saturated rings. The fourth-order valence-electron chi connectivity index (χ4n) is 1.53. The molecule has 0 bridgehead atoms. The molecule has 0 unspecified atom stereocenters. The maximum absolute atomic E-state index is 10.4. The van der Waals surface area contributed by atoms with Crippen LogP contribution in [-0.2, 0) is 4.79 Å². The van der Waals surface area contributed by atoms with Gasteiger partial charge in [-0.05, 0) is 34.9 Å². The Hall–Kier alpha value is -2.35. The second kappa shape index (κ2) is 5.12. The molecule has 2 heteroatoms. The number of hydrogen-bond donors (Lipinski definition) is 1. The lowest BCUT2D eigenvalue weighted by atomic mass is 10.0. The monoisotopic (exact) mass is 223 g/mol. The number of hydrogen-bond acceptors (Lipinski definition) is 1. The molecule has 17 heavy (non-hydrogen) atoms. The lowest BCUT2D eigenvalue weighted by Gasteiger charge is -2.01. The SMILES string of the molecule is O=C(O)C=Cc1ccc(-c2c[c]ccc2)cc1. The van der Waals surface area contributed by atoms with Crippen LogP contribution in [0.25, 0.3) is 17.2 Å². The van der Waals surface area contributed by atoms with Crippen LogP contribution in [0, 0.1) is 6.07 Å². The first-order valence-corrected chi connectivity index (χ1v) is 5.23. The van der Waals surface area contributed by atoms with Crippen LogP contribution in [-0.4, -0.2) is 11.1 Å². The smallest absolute Gasteiger partial charge is 0.328 e. The summed E-state index contributed by atoms with van der Waals surface area (Å²) in [5, 5.41) is 8.52. The lowest BCUT2D eigenvalue weighted by molar-refractivity contribution is -0.131. The topological polar surface area (TPSA) is 37.3 Å². The van der Waals surface area contributed by atoms with Crippen molar-refractivity contribution in [3.05, 3.63) is 66.2 Å². The number of rotatable bonds is 3. The molecule has 0 amide bonds. The van der Waals surface area contributed by atoms with Gasteiger partial charge in [-0.15, -0.1) is 0 Å². The standard InChI is InChI=1S/C15H11O2/c16-15(17)11-8-12-6-9-14(10-7-12)13-4-2-1-3-5-13/h1-2,4-11H,(H,16,17). The predicted molar refractivity (Wildman–Crippen MR) is 67.4 cm³/mol. The molecule has 2 aromatic carbocycles. The van der Waals surface area contributed by atoms with E-state index in [4.69, 9.17) is 5.11 Å². The molecular formula is C15H11O2. The van der Waals surface area contributed by atoms with Crippen LogP contribution < -0.4 is 0 Å². The molecular weight excluding hydrogens is 212 g/mol. The van der Waals surface area contributed by atoms with E-state index in [1.807, 2.05) is 48.5 Å². The molecule has 2 rings (SSSR count). The fourth-order valence-corrected chi connectivity index (χ4v) is 1.53. The van der Waals surface area contributed by atoms with Gasteiger partial charge >= 0.3 is 5.97 Å². The van der Waals surface area contributed by atoms with Crippen LogP contribution in [0.3, 0.4) is 0 Å². The predicted octanol–water partition coefficient (Wildman–Crippen LogP) is 3.25. The van der Waals surface area contributed by atoms with Crippen molar-refractivity contribution in [1.29, 1.82) is 0 Å². The van der Waals surface area contributed by atoms with E-state index in [0.29, 0.717) is 0 Å². The van der Waals surface area contributed by atoms with Gasteiger partial charge in [-0.1, -0.05) is 42.5 Å². The third kappa shape index (κ3) is 3.05. The maximum atomic E-state index is 10.4. The van der Waals surface area contributed by atoms with Gasteiger partial charge in [0.05, 0.1) is 0 Å². The Balaban J connectivity index is 2.22.